The zero-order valence-corrected chi connectivity index (χ0v) is 33.5. The minimum Gasteiger partial charge on any atom is -0.487 e. The number of nitrogens with zero attached hydrogens (tertiary/aromatic N) is 3. The van der Waals surface area contributed by atoms with Crippen molar-refractivity contribution in [3.05, 3.63) is 82.9 Å². The molecule has 2 aromatic carbocycles. The molecule has 0 aromatic heterocycles. The van der Waals surface area contributed by atoms with Crippen LogP contribution in [0.4, 0.5) is 5.69 Å². The summed E-state index contributed by atoms with van der Waals surface area (Å²) in [5.74, 6) is 0.327. The minimum absolute atomic E-state index is 0.221. The smallest absolute Gasteiger partial charge is 0.264 e. The third kappa shape index (κ3) is 8.71. The van der Waals surface area contributed by atoms with Crippen LogP contribution in [0.2, 0.25) is 5.02 Å². The average Bonchev–Trinajstić information content (AvgIpc) is 3.17. The molecule has 1 aliphatic carbocycles. The molecule has 4 heterocycles. The molecule has 12 heteroatoms. The number of rotatable bonds is 5. The Kier molecular flexibility index (Phi) is 12.4. The number of nitrogens with one attached hydrogen (secondary N) is 1. The molecule has 0 radical (unpaired) electrons. The Morgan fingerprint density at radius 3 is 2.74 bits per heavy atom. The van der Waals surface area contributed by atoms with E-state index >= 15 is 0 Å². The number of benzene rings is 2. The van der Waals surface area contributed by atoms with Gasteiger partial charge in [-0.3, -0.25) is 14.6 Å². The molecule has 10 nitrogen and oxygen atoms in total. The Morgan fingerprint density at radius 1 is 1.06 bits per heavy atom. The van der Waals surface area contributed by atoms with Crippen molar-refractivity contribution in [1.82, 2.24) is 14.5 Å². The Bertz CT molecular complexity index is 1810. The molecule has 2 saturated heterocycles. The topological polar surface area (TPSA) is 101 Å². The highest BCUT2D eigenvalue weighted by atomic mass is 35.5. The Morgan fingerprint density at radius 2 is 1.93 bits per heavy atom. The van der Waals surface area contributed by atoms with Crippen LogP contribution >= 0.6 is 11.6 Å². The lowest BCUT2D eigenvalue weighted by molar-refractivity contribution is -0.117. The van der Waals surface area contributed by atoms with Crippen LogP contribution in [0.25, 0.3) is 0 Å². The van der Waals surface area contributed by atoms with Crippen LogP contribution in [0.5, 0.6) is 5.75 Å². The second-order valence-corrected chi connectivity index (χ2v) is 18.6. The minimum atomic E-state index is -3.98. The number of carbonyl (C=O) groups is 1. The van der Waals surface area contributed by atoms with Gasteiger partial charge in [0.05, 0.1) is 30.8 Å². The van der Waals surface area contributed by atoms with Crippen molar-refractivity contribution in [1.29, 1.82) is 0 Å². The van der Waals surface area contributed by atoms with Crippen LogP contribution < -0.4 is 14.4 Å². The first kappa shape index (κ1) is 39.3. The summed E-state index contributed by atoms with van der Waals surface area (Å²) in [5, 5.41) is -0.0859. The van der Waals surface area contributed by atoms with E-state index in [4.69, 9.17) is 25.8 Å². The van der Waals surface area contributed by atoms with Crippen molar-refractivity contribution in [2.75, 3.05) is 70.5 Å². The van der Waals surface area contributed by atoms with Gasteiger partial charge in [0.1, 0.15) is 18.0 Å². The largest absolute Gasteiger partial charge is 0.487 e. The van der Waals surface area contributed by atoms with Gasteiger partial charge in [0.25, 0.3) is 5.91 Å². The van der Waals surface area contributed by atoms with E-state index in [1.165, 1.54) is 5.56 Å². The first-order valence-corrected chi connectivity index (χ1v) is 21.8. The fraction of sp³-hybridized carbons (Fsp3) is 0.595. The maximum absolute atomic E-state index is 13.7. The van der Waals surface area contributed by atoms with Gasteiger partial charge in [0.15, 0.2) is 0 Å². The van der Waals surface area contributed by atoms with Crippen molar-refractivity contribution < 1.29 is 27.4 Å². The summed E-state index contributed by atoms with van der Waals surface area (Å²) < 4.78 is 49.2. The quantitative estimate of drug-likeness (QED) is 0.362. The highest BCUT2D eigenvalue weighted by Crippen LogP contribution is 2.47. The number of halogens is 1. The van der Waals surface area contributed by atoms with Gasteiger partial charge in [-0.05, 0) is 105 Å². The first-order chi connectivity index (χ1) is 26.0. The maximum atomic E-state index is 13.7. The third-order valence-electron chi connectivity index (χ3n) is 12.6. The molecule has 4 aliphatic heterocycles. The molecule has 5 aliphatic rings. The molecule has 3 fully saturated rings. The Balaban J connectivity index is 1.27. The van der Waals surface area contributed by atoms with E-state index in [2.05, 4.69) is 38.2 Å². The highest BCUT2D eigenvalue weighted by Gasteiger charge is 2.49. The Labute approximate surface area is 326 Å². The van der Waals surface area contributed by atoms with Gasteiger partial charge >= 0.3 is 0 Å². The summed E-state index contributed by atoms with van der Waals surface area (Å²) in [7, 11) is -3.98. The molecular formula is C42H57ClN4O6S. The fourth-order valence-corrected chi connectivity index (χ4v) is 10.5. The van der Waals surface area contributed by atoms with E-state index in [0.29, 0.717) is 47.9 Å². The number of anilines is 1. The van der Waals surface area contributed by atoms with Gasteiger partial charge in [-0.25, -0.2) is 13.1 Å². The summed E-state index contributed by atoms with van der Waals surface area (Å²) in [6.07, 6.45) is 11.6. The van der Waals surface area contributed by atoms with E-state index in [9.17, 15) is 13.2 Å². The number of sulfonamides is 1. The zero-order valence-electron chi connectivity index (χ0n) is 31.9. The van der Waals surface area contributed by atoms with Crippen molar-refractivity contribution in [3.8, 4) is 5.75 Å². The zero-order chi connectivity index (χ0) is 37.9. The molecule has 2 bridgehead atoms. The number of ether oxygens (including phenoxy) is 3. The maximum Gasteiger partial charge on any atom is 0.264 e. The van der Waals surface area contributed by atoms with Crippen molar-refractivity contribution >= 4 is 33.2 Å². The number of hydrogen-bond acceptors (Lipinski definition) is 9. The van der Waals surface area contributed by atoms with Crippen LogP contribution in [-0.2, 0) is 32.5 Å². The lowest BCUT2D eigenvalue weighted by Crippen LogP contribution is -2.62. The summed E-state index contributed by atoms with van der Waals surface area (Å²) in [5.41, 5.74) is 2.76. The molecule has 1 saturated carbocycles. The number of carbonyl (C=O) groups excluding carboxylic acids is 1. The molecule has 54 heavy (non-hydrogen) atoms. The molecular weight excluding hydrogens is 724 g/mol. The van der Waals surface area contributed by atoms with Crippen molar-refractivity contribution in [2.45, 2.75) is 75.9 Å². The lowest BCUT2D eigenvalue weighted by atomic mass is 9.63. The van der Waals surface area contributed by atoms with Crippen molar-refractivity contribution in [2.24, 2.45) is 17.8 Å². The van der Waals surface area contributed by atoms with Gasteiger partial charge in [0.2, 0.25) is 10.0 Å². The molecule has 1 amide bonds. The number of piperazine rings is 1. The first-order valence-electron chi connectivity index (χ1n) is 19.9. The lowest BCUT2D eigenvalue weighted by Gasteiger charge is -2.53. The van der Waals surface area contributed by atoms with Gasteiger partial charge in [-0.1, -0.05) is 42.8 Å². The van der Waals surface area contributed by atoms with Crippen LogP contribution in [0, 0.1) is 17.8 Å². The molecule has 1 unspecified atom stereocenters. The van der Waals surface area contributed by atoms with Gasteiger partial charge in [-0.2, -0.15) is 0 Å². The Hall–Kier alpha value is -2.93. The van der Waals surface area contributed by atoms with Crippen LogP contribution in [-0.4, -0.2) is 107 Å². The van der Waals surface area contributed by atoms with E-state index in [1.807, 2.05) is 43.3 Å². The van der Waals surface area contributed by atoms with E-state index < -0.39 is 26.8 Å². The third-order valence-corrected chi connectivity index (χ3v) is 14.8. The number of allylic oxidation sites excluding steroid dienone is 1. The molecule has 6 atom stereocenters. The van der Waals surface area contributed by atoms with Gasteiger partial charge in [0, 0.05) is 62.4 Å². The predicted molar refractivity (Wildman–Crippen MR) is 214 cm³/mol. The second kappa shape index (κ2) is 17.1. The fourth-order valence-electron chi connectivity index (χ4n) is 9.07. The monoisotopic (exact) mass is 780 g/mol. The van der Waals surface area contributed by atoms with Gasteiger partial charge in [-0.15, -0.1) is 6.58 Å². The predicted octanol–water partition coefficient (Wildman–Crippen LogP) is 6.09. The molecule has 2 aromatic rings. The average molecular weight is 781 g/mol. The van der Waals surface area contributed by atoms with Gasteiger partial charge < -0.3 is 19.1 Å². The summed E-state index contributed by atoms with van der Waals surface area (Å²) >= 11 is 6.42. The van der Waals surface area contributed by atoms with E-state index in [-0.39, 0.29) is 11.8 Å². The highest BCUT2D eigenvalue weighted by molar-refractivity contribution is 7.90. The standard InChI is InChI=1S/C42H57ClN4O6S/c1-4-21-53-42(29-45-18-19-46-20-22-51-28-37(46)26-45)16-7-8-30(2)31(3)54(49,50)44-41(48)33-12-15-40-39(24-33)47(25-34-11-14-38(34)42)17-6-5-9-32-23-36(43)13-10-35(32)27-52-40/h4,7,10,12-13,15-16,23-24,30-31,34,37-38H,1,5-6,8-9,11,14,17-22,25-29H2,2-3H3,(H,44,48)/b16-7+/t30-,31+,34-,37?,38+,42-/m0/s1. The second-order valence-electron chi connectivity index (χ2n) is 16.1. The number of morpholine rings is 1. The summed E-state index contributed by atoms with van der Waals surface area (Å²) in [6.45, 7) is 16.1. The number of amides is 1. The van der Waals surface area contributed by atoms with E-state index in [1.54, 1.807) is 13.0 Å². The molecule has 1 N–H and O–H groups in total. The SMILES string of the molecule is C=CCO[C@]1(CN2CCN3CCOCC3C2)/C=C/C[C@H](C)[C@@H](C)S(=O)(=O)NC(=O)c2ccc3c(c2)N(CCCCc2cc(Cl)ccc2CO3)C[C@@H]2CC[C@H]21. The summed E-state index contributed by atoms with van der Waals surface area (Å²) in [4.78, 5) is 21.1. The molecule has 0 spiro atoms. The van der Waals surface area contributed by atoms with Crippen molar-refractivity contribution in [3.63, 3.8) is 0 Å². The van der Waals surface area contributed by atoms with Crippen LogP contribution in [0.1, 0.15) is 67.4 Å². The summed E-state index contributed by atoms with van der Waals surface area (Å²) in [6, 6.07) is 11.6. The molecule has 7 rings (SSSR count). The normalized spacial score (nSPS) is 31.6. The van der Waals surface area contributed by atoms with Crippen LogP contribution in [0.15, 0.2) is 61.2 Å². The number of aryl methyl sites for hydroxylation is 1. The van der Waals surface area contributed by atoms with Crippen LogP contribution in [0.3, 0.4) is 0 Å². The van der Waals surface area contributed by atoms with E-state index in [0.717, 1.165) is 102 Å². The molecule has 294 valence electrons. The number of hydrogen-bond donors (Lipinski definition) is 1. The number of fused-ring (bicyclic) bond motifs is 4.